The van der Waals surface area contributed by atoms with Gasteiger partial charge in [-0.3, -0.25) is 0 Å². The molecule has 2 heterocycles. The van der Waals surface area contributed by atoms with Crippen LogP contribution in [-0.4, -0.2) is 30.2 Å². The molecule has 9 atom stereocenters. The molecule has 0 aliphatic carbocycles. The molecule has 2 saturated heterocycles. The maximum Gasteiger partial charge on any atom is 0.161 e. The van der Waals surface area contributed by atoms with Crippen LogP contribution in [-0.2, 0) is 14.2 Å². The van der Waals surface area contributed by atoms with Crippen molar-refractivity contribution in [3.05, 3.63) is 0 Å². The molecule has 0 aromatic rings. The maximum absolute atomic E-state index is 6.62. The summed E-state index contributed by atoms with van der Waals surface area (Å²) in [5, 5.41) is 0. The van der Waals surface area contributed by atoms with E-state index >= 15 is 0 Å². The minimum Gasteiger partial charge on any atom is -0.369 e. The van der Waals surface area contributed by atoms with E-state index in [-0.39, 0.29) is 18.0 Å². The molecule has 136 valence electrons. The molecule has 0 bridgehead atoms. The van der Waals surface area contributed by atoms with Gasteiger partial charge in [0, 0.05) is 11.8 Å². The molecule has 2 rings (SSSR count). The van der Waals surface area contributed by atoms with Crippen molar-refractivity contribution in [2.75, 3.05) is 0 Å². The van der Waals surface area contributed by atoms with Gasteiger partial charge in [-0.15, -0.1) is 0 Å². The Morgan fingerprint density at radius 2 is 1.43 bits per heavy atom. The fraction of sp³-hybridized carbons (Fsp3) is 1.00. The second-order valence-corrected chi connectivity index (χ2v) is 8.18. The van der Waals surface area contributed by atoms with Crippen LogP contribution in [0.1, 0.15) is 74.7 Å². The van der Waals surface area contributed by atoms with Crippen molar-refractivity contribution >= 4 is 0 Å². The number of hydrogen-bond donors (Lipinski definition) is 0. The highest BCUT2D eigenvalue weighted by Crippen LogP contribution is 2.44. The van der Waals surface area contributed by atoms with Gasteiger partial charge in [-0.2, -0.15) is 0 Å². The van der Waals surface area contributed by atoms with Crippen molar-refractivity contribution in [1.29, 1.82) is 0 Å². The van der Waals surface area contributed by atoms with Crippen LogP contribution in [0, 0.1) is 23.7 Å². The zero-order valence-electron chi connectivity index (χ0n) is 16.5. The number of ether oxygens (including phenoxy) is 3. The Labute approximate surface area is 143 Å². The quantitative estimate of drug-likeness (QED) is 0.709. The largest absolute Gasteiger partial charge is 0.369 e. The summed E-state index contributed by atoms with van der Waals surface area (Å²) in [6.45, 7) is 18.0. The van der Waals surface area contributed by atoms with Crippen molar-refractivity contribution in [3.8, 4) is 0 Å². The van der Waals surface area contributed by atoms with Crippen LogP contribution in [0.4, 0.5) is 0 Å². The third-order valence-corrected chi connectivity index (χ3v) is 6.86. The third kappa shape index (κ3) is 3.48. The van der Waals surface area contributed by atoms with Crippen LogP contribution in [0.25, 0.3) is 0 Å². The monoisotopic (exact) mass is 326 g/mol. The van der Waals surface area contributed by atoms with E-state index < -0.39 is 0 Å². The summed E-state index contributed by atoms with van der Waals surface area (Å²) in [5.74, 6) is 2.04. The average molecular weight is 327 g/mol. The Kier molecular flexibility index (Phi) is 6.19. The molecule has 2 aliphatic heterocycles. The summed E-state index contributed by atoms with van der Waals surface area (Å²) in [7, 11) is 0. The van der Waals surface area contributed by atoms with Crippen LogP contribution in [0.3, 0.4) is 0 Å². The molecule has 0 spiro atoms. The average Bonchev–Trinajstić information content (AvgIpc) is 2.79. The summed E-state index contributed by atoms with van der Waals surface area (Å²) in [6.07, 6.45) is 3.68. The zero-order chi connectivity index (χ0) is 17.4. The van der Waals surface area contributed by atoms with Crippen molar-refractivity contribution in [2.24, 2.45) is 23.7 Å². The molecule has 0 radical (unpaired) electrons. The van der Waals surface area contributed by atoms with Gasteiger partial charge in [0.25, 0.3) is 0 Å². The molecule has 2 aliphatic rings. The molecule has 6 unspecified atom stereocenters. The Bertz CT molecular complexity index is 383. The first-order chi connectivity index (χ1) is 10.8. The molecular formula is C20H38O3. The predicted octanol–water partition coefficient (Wildman–Crippen LogP) is 5.03. The van der Waals surface area contributed by atoms with E-state index in [0.29, 0.717) is 35.9 Å². The maximum atomic E-state index is 6.62. The SMILES string of the molecule is CC[C@@H]1OC(C)(CC)C(OC2O[C@H](CC)C(C)[C@H](C)C2C)C1C. The van der Waals surface area contributed by atoms with Crippen LogP contribution >= 0.6 is 0 Å². The highest BCUT2D eigenvalue weighted by molar-refractivity contribution is 4.98. The Balaban J connectivity index is 2.15. The fourth-order valence-corrected chi connectivity index (χ4v) is 4.53. The highest BCUT2D eigenvalue weighted by atomic mass is 16.7. The molecule has 0 aromatic heterocycles. The summed E-state index contributed by atoms with van der Waals surface area (Å²) >= 11 is 0. The van der Waals surface area contributed by atoms with Crippen LogP contribution in [0.5, 0.6) is 0 Å². The van der Waals surface area contributed by atoms with Gasteiger partial charge in [-0.1, -0.05) is 48.5 Å². The van der Waals surface area contributed by atoms with Crippen molar-refractivity contribution in [2.45, 2.75) is 105 Å². The molecule has 0 amide bonds. The second-order valence-electron chi connectivity index (χ2n) is 8.18. The van der Waals surface area contributed by atoms with Gasteiger partial charge in [-0.25, -0.2) is 0 Å². The lowest BCUT2D eigenvalue weighted by Crippen LogP contribution is -2.50. The van der Waals surface area contributed by atoms with E-state index in [1.165, 1.54) is 0 Å². The topological polar surface area (TPSA) is 27.7 Å². The van der Waals surface area contributed by atoms with E-state index in [9.17, 15) is 0 Å². The minimum absolute atomic E-state index is 0.108. The Morgan fingerprint density at radius 3 is 1.96 bits per heavy atom. The van der Waals surface area contributed by atoms with E-state index in [2.05, 4.69) is 55.4 Å². The van der Waals surface area contributed by atoms with Gasteiger partial charge >= 0.3 is 0 Å². The van der Waals surface area contributed by atoms with Crippen LogP contribution in [0.15, 0.2) is 0 Å². The van der Waals surface area contributed by atoms with Crippen LogP contribution < -0.4 is 0 Å². The van der Waals surface area contributed by atoms with E-state index in [4.69, 9.17) is 14.2 Å². The number of rotatable bonds is 5. The minimum atomic E-state index is -0.197. The lowest BCUT2D eigenvalue weighted by atomic mass is 9.78. The summed E-state index contributed by atoms with van der Waals surface area (Å²) in [4.78, 5) is 0. The lowest BCUT2D eigenvalue weighted by molar-refractivity contribution is -0.279. The smallest absolute Gasteiger partial charge is 0.161 e. The molecular weight excluding hydrogens is 288 g/mol. The molecule has 0 N–H and O–H groups in total. The molecule has 23 heavy (non-hydrogen) atoms. The van der Waals surface area contributed by atoms with Gasteiger partial charge in [0.1, 0.15) is 0 Å². The van der Waals surface area contributed by atoms with Gasteiger partial charge in [0.05, 0.1) is 23.9 Å². The van der Waals surface area contributed by atoms with Crippen molar-refractivity contribution in [1.82, 2.24) is 0 Å². The number of hydrogen-bond acceptors (Lipinski definition) is 3. The predicted molar refractivity (Wildman–Crippen MR) is 94.3 cm³/mol. The van der Waals surface area contributed by atoms with Gasteiger partial charge in [-0.05, 0) is 38.0 Å². The normalized spacial score (nSPS) is 51.1. The molecule has 3 nitrogen and oxygen atoms in total. The first kappa shape index (κ1) is 19.2. The summed E-state index contributed by atoms with van der Waals surface area (Å²) in [5.41, 5.74) is -0.197. The van der Waals surface area contributed by atoms with E-state index in [1.807, 2.05) is 0 Å². The van der Waals surface area contributed by atoms with E-state index in [1.54, 1.807) is 0 Å². The Morgan fingerprint density at radius 1 is 0.826 bits per heavy atom. The van der Waals surface area contributed by atoms with E-state index in [0.717, 1.165) is 19.3 Å². The second kappa shape index (κ2) is 7.41. The molecule has 3 heteroatoms. The summed E-state index contributed by atoms with van der Waals surface area (Å²) < 4.78 is 19.4. The third-order valence-electron chi connectivity index (χ3n) is 6.86. The zero-order valence-corrected chi connectivity index (χ0v) is 16.5. The first-order valence-electron chi connectivity index (χ1n) is 9.77. The van der Waals surface area contributed by atoms with Gasteiger partial charge < -0.3 is 14.2 Å². The lowest BCUT2D eigenvalue weighted by Gasteiger charge is -2.45. The Hall–Kier alpha value is -0.120. The van der Waals surface area contributed by atoms with Gasteiger partial charge in [0.2, 0.25) is 0 Å². The standard InChI is InChI=1S/C20H38O3/c1-9-16-13(5)12(4)14(6)19(21-16)22-18-15(7)17(10-2)23-20(18,8)11-3/h12-19H,9-11H2,1-8H3/t12-,13?,14?,15?,16+,17-,18?,19?,20?/m0/s1. The molecule has 0 saturated carbocycles. The fourth-order valence-electron chi connectivity index (χ4n) is 4.53. The van der Waals surface area contributed by atoms with Crippen LogP contribution in [0.2, 0.25) is 0 Å². The first-order valence-corrected chi connectivity index (χ1v) is 9.77. The molecule has 2 fully saturated rings. The molecule has 0 aromatic carbocycles. The van der Waals surface area contributed by atoms with Crippen molar-refractivity contribution < 1.29 is 14.2 Å². The summed E-state index contributed by atoms with van der Waals surface area (Å²) in [6, 6.07) is 0. The van der Waals surface area contributed by atoms with Crippen molar-refractivity contribution in [3.63, 3.8) is 0 Å². The van der Waals surface area contributed by atoms with Gasteiger partial charge in [0.15, 0.2) is 6.29 Å². The highest BCUT2D eigenvalue weighted by Gasteiger charge is 2.51.